The first-order valence-corrected chi connectivity index (χ1v) is 51.6. The van der Waals surface area contributed by atoms with Gasteiger partial charge in [0.15, 0.2) is 24.8 Å². The monoisotopic (exact) mass is 2090 g/mol. The Balaban J connectivity index is 0.000000321. The second kappa shape index (κ2) is 48.9. The minimum absolute atomic E-state index is 0. The van der Waals surface area contributed by atoms with Gasteiger partial charge in [-0.05, 0) is 161 Å². The van der Waals surface area contributed by atoms with E-state index in [2.05, 4.69) is 53.2 Å². The van der Waals surface area contributed by atoms with Crippen LogP contribution in [0, 0.1) is 23.7 Å². The molecule has 4 aliphatic heterocycles. The number of methoxy groups -OCH3 is 2. The molecule has 4 aliphatic rings. The lowest BCUT2D eigenvalue weighted by Gasteiger charge is -2.33. The van der Waals surface area contributed by atoms with E-state index >= 15 is 0 Å². The number of hydrogen-bond donors (Lipinski definition) is 5. The minimum atomic E-state index is -4.08. The number of alkyl carbamates (subject to hydrolysis) is 2. The first-order chi connectivity index (χ1) is 56.8. The van der Waals surface area contributed by atoms with Gasteiger partial charge in [-0.25, -0.2) is 45.1 Å². The van der Waals surface area contributed by atoms with Gasteiger partial charge in [-0.1, -0.05) is 88.4 Å². The number of ether oxygens (including phenoxy) is 10. The summed E-state index contributed by atoms with van der Waals surface area (Å²) in [4.78, 5) is 53.3. The quantitative estimate of drug-likeness (QED) is 0.0103. The molecule has 664 valence electrons. The molecule has 2 amide bonds. The highest BCUT2D eigenvalue weighted by Crippen LogP contribution is 2.54. The van der Waals surface area contributed by atoms with Crippen LogP contribution in [-0.2, 0) is 98.0 Å². The van der Waals surface area contributed by atoms with E-state index in [-0.39, 0.29) is 135 Å². The van der Waals surface area contributed by atoms with Crippen LogP contribution in [-0.4, -0.2) is 221 Å². The summed E-state index contributed by atoms with van der Waals surface area (Å²) < 4.78 is 164. The lowest BCUT2D eigenvalue weighted by molar-refractivity contribution is -0.151. The number of esters is 2. The normalized spacial score (nSPS) is 19.9. The molecule has 4 saturated heterocycles. The van der Waals surface area contributed by atoms with E-state index in [4.69, 9.17) is 65.5 Å². The summed E-state index contributed by atoms with van der Waals surface area (Å²) in [5.41, 5.74) is 2.37. The maximum Gasteiger partial charge on any atom is 0.407 e. The Labute approximate surface area is 743 Å². The maximum absolute atomic E-state index is 14.1. The summed E-state index contributed by atoms with van der Waals surface area (Å²) in [6, 6.07) is 40.7. The molecule has 0 radical (unpaired) electrons. The molecule has 2 unspecified atom stereocenters. The van der Waals surface area contributed by atoms with E-state index in [1.54, 1.807) is 159 Å². The number of benzene rings is 6. The van der Waals surface area contributed by atoms with Crippen molar-refractivity contribution in [1.29, 1.82) is 0 Å². The Morgan fingerprint density at radius 2 is 0.900 bits per heavy atom. The average Bonchev–Trinajstić information content (AvgIpc) is 1.15. The third kappa shape index (κ3) is 30.3. The fraction of sp³-hybridized carbons (Fsp3) is 0.506. The number of amides is 2. The number of aliphatic hydroxyl groups is 2. The van der Waals surface area contributed by atoms with E-state index < -0.39 is 121 Å². The SMILES string of the molecule is CCOC(=O)[C@H](C)OP(=O)(Cc1ccc(N(C)C[C@H](NC(=O)O[C@H]2CO[C@H]3OCC[C@H]32)[C@H](O)CN(CC(C)C)S(=O)(=O)c2ccc(OC)cc2)cc1)Oc1ccccc1.CCOC(=O)[C@H](C)OP(=O)(Cc1ccc(NC[C@H](NC(=O)O[C@H]2CO[C@H]3OCC[C@H]32)[C@H](O)CN(CC(C)C)S(=O)(=O)c2ccc(OC)cc2)cc1)Oc1ccccc1.I.II. The zero-order valence-electron chi connectivity index (χ0n) is 68.8. The smallest absolute Gasteiger partial charge is 0.407 e. The molecule has 5 N–H and O–H groups in total. The van der Waals surface area contributed by atoms with Gasteiger partial charge in [-0.3, -0.25) is 9.05 Å². The third-order valence-electron chi connectivity index (χ3n) is 19.3. The average molecular weight is 2090 g/mol. The molecule has 6 aromatic rings. The van der Waals surface area contributed by atoms with Gasteiger partial charge < -0.3 is 87.5 Å². The van der Waals surface area contributed by atoms with Crippen LogP contribution in [0.1, 0.15) is 79.4 Å². The molecule has 14 atom stereocenters. The molecule has 120 heavy (non-hydrogen) atoms. The maximum atomic E-state index is 14.1. The van der Waals surface area contributed by atoms with E-state index in [1.165, 1.54) is 60.9 Å². The third-order valence-corrected chi connectivity index (χ3v) is 26.7. The molecule has 0 saturated carbocycles. The van der Waals surface area contributed by atoms with Gasteiger partial charge in [-0.2, -0.15) is 8.61 Å². The van der Waals surface area contributed by atoms with Gasteiger partial charge in [0.2, 0.25) is 20.0 Å². The van der Waals surface area contributed by atoms with Crippen molar-refractivity contribution in [3.05, 3.63) is 169 Å². The summed E-state index contributed by atoms with van der Waals surface area (Å²) in [5.74, 6) is -0.174. The van der Waals surface area contributed by atoms with Crippen molar-refractivity contribution >= 4 is 132 Å². The Kier molecular flexibility index (Phi) is 41.1. The van der Waals surface area contributed by atoms with Crippen molar-refractivity contribution in [3.63, 3.8) is 0 Å². The number of para-hydroxylation sites is 2. The van der Waals surface area contributed by atoms with E-state index in [0.29, 0.717) is 71.6 Å². The second-order valence-electron chi connectivity index (χ2n) is 29.3. The van der Waals surface area contributed by atoms with E-state index in [0.717, 1.165) is 0 Å². The molecule has 4 heterocycles. The molecule has 6 aromatic carbocycles. The molecule has 4 fully saturated rings. The predicted molar refractivity (Wildman–Crippen MR) is 476 cm³/mol. The number of fused-ring (bicyclic) bond motifs is 2. The molecule has 0 bridgehead atoms. The number of nitrogens with one attached hydrogen (secondary N) is 3. The number of likely N-dealkylation sites (N-methyl/N-ethyl adjacent to an activating group) is 1. The summed E-state index contributed by atoms with van der Waals surface area (Å²) in [5, 5.41) is 32.2. The Hall–Kier alpha value is -6.25. The highest BCUT2D eigenvalue weighted by atomic mass is 128. The molecule has 0 aliphatic carbocycles. The highest BCUT2D eigenvalue weighted by molar-refractivity contribution is 15.0. The number of rotatable bonds is 42. The van der Waals surface area contributed by atoms with Crippen LogP contribution in [0.15, 0.2) is 168 Å². The number of carbonyl (C=O) groups excluding carboxylic acids is 4. The van der Waals surface area contributed by atoms with Gasteiger partial charge in [0.25, 0.3) is 0 Å². The number of halogens is 3. The first-order valence-electron chi connectivity index (χ1n) is 39.0. The molecular weight excluding hydrogens is 1980 g/mol. The molecule has 39 heteroatoms. The van der Waals surface area contributed by atoms with Crippen molar-refractivity contribution in [1.82, 2.24) is 19.2 Å². The van der Waals surface area contributed by atoms with Crippen LogP contribution in [0.3, 0.4) is 0 Å². The van der Waals surface area contributed by atoms with Crippen molar-refractivity contribution in [3.8, 4) is 23.0 Å². The molecule has 10 rings (SSSR count). The second-order valence-corrected chi connectivity index (χ2v) is 37.1. The summed E-state index contributed by atoms with van der Waals surface area (Å²) in [6.45, 7) is 14.8. The van der Waals surface area contributed by atoms with E-state index in [1.807, 2.05) is 27.7 Å². The van der Waals surface area contributed by atoms with Gasteiger partial charge >= 0.3 is 39.3 Å². The Morgan fingerprint density at radius 1 is 0.517 bits per heavy atom. The molecule has 0 spiro atoms. The zero-order valence-corrected chi connectivity index (χ0v) is 78.9. The van der Waals surface area contributed by atoms with Crippen LogP contribution in [0.2, 0.25) is 0 Å². The van der Waals surface area contributed by atoms with Gasteiger partial charge in [0, 0.05) is 94.9 Å². The Bertz CT molecular complexity index is 4490. The van der Waals surface area contributed by atoms with Gasteiger partial charge in [0.1, 0.15) is 35.2 Å². The fourth-order valence-corrected chi connectivity index (χ4v) is 20.3. The number of hydrogen-bond acceptors (Lipinski definition) is 28. The largest absolute Gasteiger partial charge is 0.497 e. The number of sulfonamides is 2. The first kappa shape index (κ1) is 101. The Morgan fingerprint density at radius 3 is 1.28 bits per heavy atom. The van der Waals surface area contributed by atoms with Crippen molar-refractivity contribution in [2.75, 3.05) is 110 Å². The lowest BCUT2D eigenvalue weighted by Crippen LogP contribution is -2.54. The summed E-state index contributed by atoms with van der Waals surface area (Å²) >= 11 is 4.24. The highest BCUT2D eigenvalue weighted by Gasteiger charge is 2.46. The summed E-state index contributed by atoms with van der Waals surface area (Å²) in [6.07, 6.45) is -7.69. The fourth-order valence-electron chi connectivity index (χ4n) is 13.3. The number of nitrogens with zero attached hydrogens (tertiary/aromatic N) is 3. The van der Waals surface area contributed by atoms with Crippen LogP contribution in [0.25, 0.3) is 0 Å². The standard InChI is InChI=1S/C41H56N3O13PS.C40H54N3O13PS.I2.HI/c1-7-52-39(46)29(4)56-58(48,57-33-11-9-8-10-12-33)27-30-13-15-31(16-14-30)43(5)24-36(42-41(47)55-38-26-54-40-35(38)21-22-53-40)37(45)25-44(23-28(2)3)59(49,50)34-19-17-32(51-6)18-20-34;1-6-51-38(45)28(4)55-57(47,56-32-10-8-7-9-11-32)26-29-12-14-30(15-13-29)41-22-35(42-40(46)54-37-25-53-39-34(37)20-21-52-39)36(44)24-43(23-27(2)3)58(48,49)33-18-16-31(50-5)17-19-33;1-2;/h8-20,28-29,35-38,40,45H,7,21-27H2,1-6H3,(H,42,47);7-19,27-28,34-37,39,41,44H,6,20-26H2,1-5H3,(H,42,46);;1H/t29-,35-,36-,37+,38-,40+,58?;28-,34-,35-,36+,37-,39+,57?;;/m00../s1. The zero-order chi connectivity index (χ0) is 86.6. The van der Waals surface area contributed by atoms with Crippen molar-refractivity contribution < 1.29 is 121 Å². The van der Waals surface area contributed by atoms with Crippen LogP contribution in [0.4, 0.5) is 21.0 Å². The predicted octanol–water partition coefficient (Wildman–Crippen LogP) is 13.2. The topological polar surface area (TPSA) is 386 Å². The number of aliphatic hydroxyl groups excluding tert-OH is 2. The van der Waals surface area contributed by atoms with Crippen LogP contribution in [0.5, 0.6) is 23.0 Å². The number of anilines is 2. The van der Waals surface area contributed by atoms with Gasteiger partial charge in [-0.15, -0.1) is 24.0 Å². The number of carbonyl (C=O) groups is 4. The molecular formula is C81H111I3N6O26P2S2. The van der Waals surface area contributed by atoms with Crippen molar-refractivity contribution in [2.24, 2.45) is 23.7 Å². The molecule has 0 aromatic heterocycles. The van der Waals surface area contributed by atoms with Crippen LogP contribution >= 0.6 is 76.4 Å². The molecule has 32 nitrogen and oxygen atoms in total. The van der Waals surface area contributed by atoms with Crippen molar-refractivity contribution in [2.45, 2.75) is 152 Å². The van der Waals surface area contributed by atoms with Gasteiger partial charge in [0.05, 0.1) is 112 Å². The summed E-state index contributed by atoms with van der Waals surface area (Å²) in [7, 11) is -11.3. The minimum Gasteiger partial charge on any atom is -0.497 e. The van der Waals surface area contributed by atoms with E-state index in [9.17, 15) is 55.4 Å². The van der Waals surface area contributed by atoms with Crippen LogP contribution < -0.4 is 39.4 Å². The lowest BCUT2D eigenvalue weighted by atomic mass is 10.0.